The molecule has 160 valence electrons. The third-order valence-corrected chi connectivity index (χ3v) is 8.50. The number of anilines is 2. The molecule has 1 fully saturated rings. The molecule has 1 aliphatic rings. The Kier molecular flexibility index (Phi) is 5.15. The minimum absolute atomic E-state index is 0.0618. The van der Waals surface area contributed by atoms with E-state index in [1.54, 1.807) is 29.5 Å². The number of hydrogen-bond acceptors (Lipinski definition) is 8. The number of para-hydroxylation sites is 1. The predicted octanol–water partition coefficient (Wildman–Crippen LogP) is 4.16. The molecule has 0 radical (unpaired) electrons. The number of aromatic nitrogens is 2. The number of sulfone groups is 1. The maximum absolute atomic E-state index is 12.9. The highest BCUT2D eigenvalue weighted by Crippen LogP contribution is 2.33. The Morgan fingerprint density at radius 2 is 1.90 bits per heavy atom. The van der Waals surface area contributed by atoms with Gasteiger partial charge in [0.2, 0.25) is 5.91 Å². The van der Waals surface area contributed by atoms with Crippen LogP contribution in [0.5, 0.6) is 0 Å². The highest BCUT2D eigenvalue weighted by Gasteiger charge is 2.28. The van der Waals surface area contributed by atoms with Gasteiger partial charge in [0.25, 0.3) is 0 Å². The number of benzene rings is 2. The van der Waals surface area contributed by atoms with Crippen LogP contribution in [0, 0.1) is 5.92 Å². The third kappa shape index (κ3) is 4.15. The Bertz CT molecular complexity index is 1360. The average Bonchev–Trinajstić information content (AvgIpc) is 3.36. The van der Waals surface area contributed by atoms with Gasteiger partial charge in [0.1, 0.15) is 0 Å². The summed E-state index contributed by atoms with van der Waals surface area (Å²) < 4.78 is 25.4. The molecule has 7 nitrogen and oxygen atoms in total. The molecule has 0 saturated carbocycles. The third-order valence-electron chi connectivity index (χ3n) is 5.36. The van der Waals surface area contributed by atoms with Crippen LogP contribution in [0.15, 0.2) is 47.4 Å². The number of carbonyl (C=O) groups is 1. The molecule has 0 spiro atoms. The summed E-state index contributed by atoms with van der Waals surface area (Å²) in [5.74, 6) is -0.215. The van der Waals surface area contributed by atoms with Crippen LogP contribution < -0.4 is 10.2 Å². The summed E-state index contributed by atoms with van der Waals surface area (Å²) in [5.41, 5.74) is 1.66. The van der Waals surface area contributed by atoms with Gasteiger partial charge in [0.05, 0.1) is 31.2 Å². The fraction of sp³-hybridized carbons (Fsp3) is 0.286. The highest BCUT2D eigenvalue weighted by atomic mass is 32.2. The summed E-state index contributed by atoms with van der Waals surface area (Å²) in [6, 6.07) is 12.9. The fourth-order valence-corrected chi connectivity index (χ4v) is 6.39. The molecule has 0 aliphatic carbocycles. The van der Waals surface area contributed by atoms with Crippen molar-refractivity contribution in [3.63, 3.8) is 0 Å². The molecule has 3 heterocycles. The quantitative estimate of drug-likeness (QED) is 0.479. The maximum atomic E-state index is 12.9. The van der Waals surface area contributed by atoms with Gasteiger partial charge in [-0.25, -0.2) is 18.4 Å². The Hall–Kier alpha value is -2.56. The zero-order valence-corrected chi connectivity index (χ0v) is 19.2. The van der Waals surface area contributed by atoms with E-state index < -0.39 is 9.84 Å². The van der Waals surface area contributed by atoms with E-state index in [9.17, 15) is 13.2 Å². The zero-order valence-electron chi connectivity index (χ0n) is 16.7. The van der Waals surface area contributed by atoms with Crippen LogP contribution in [0.1, 0.15) is 12.8 Å². The monoisotopic (exact) mass is 472 g/mol. The molecule has 1 saturated heterocycles. The van der Waals surface area contributed by atoms with E-state index >= 15 is 0 Å². The van der Waals surface area contributed by atoms with Gasteiger partial charge in [-0.3, -0.25) is 4.79 Å². The van der Waals surface area contributed by atoms with Crippen LogP contribution in [0.2, 0.25) is 0 Å². The molecule has 1 N–H and O–H groups in total. The van der Waals surface area contributed by atoms with Crippen LogP contribution in [0.25, 0.3) is 20.4 Å². The standard InChI is InChI=1S/C21H20N4O3S3/c1-31(27,28)14-8-9-16-18(11-14)29-20(22-16)24-19(26)13-5-4-10-25(12-13)21-23-15-6-2-3-7-17(15)30-21/h2-3,6-9,11,13H,4-5,10,12H2,1H3,(H,22,24,26). The second-order valence-electron chi connectivity index (χ2n) is 7.66. The van der Waals surface area contributed by atoms with E-state index in [4.69, 9.17) is 4.98 Å². The molecule has 4 aromatic rings. The summed E-state index contributed by atoms with van der Waals surface area (Å²) in [4.78, 5) is 24.5. The lowest BCUT2D eigenvalue weighted by Gasteiger charge is -2.31. The van der Waals surface area contributed by atoms with Crippen LogP contribution in [-0.4, -0.2) is 43.6 Å². The smallest absolute Gasteiger partial charge is 0.231 e. The van der Waals surface area contributed by atoms with Gasteiger partial charge in [-0.05, 0) is 43.2 Å². The minimum atomic E-state index is -3.29. The van der Waals surface area contributed by atoms with Crippen molar-refractivity contribution in [2.45, 2.75) is 17.7 Å². The van der Waals surface area contributed by atoms with Gasteiger partial charge >= 0.3 is 0 Å². The van der Waals surface area contributed by atoms with Gasteiger partial charge in [0.15, 0.2) is 20.1 Å². The zero-order chi connectivity index (χ0) is 21.6. The number of amides is 1. The second kappa shape index (κ2) is 7.85. The Morgan fingerprint density at radius 1 is 1.10 bits per heavy atom. The van der Waals surface area contributed by atoms with E-state index in [0.29, 0.717) is 17.2 Å². The first-order valence-corrected chi connectivity index (χ1v) is 13.4. The molecule has 31 heavy (non-hydrogen) atoms. The van der Waals surface area contributed by atoms with Crippen molar-refractivity contribution < 1.29 is 13.2 Å². The summed E-state index contributed by atoms with van der Waals surface area (Å²) in [7, 11) is -3.29. The molecule has 1 aliphatic heterocycles. The topological polar surface area (TPSA) is 92.3 Å². The van der Waals surface area contributed by atoms with Crippen molar-refractivity contribution in [1.29, 1.82) is 0 Å². The average molecular weight is 473 g/mol. The van der Waals surface area contributed by atoms with Crippen LogP contribution in [-0.2, 0) is 14.6 Å². The lowest BCUT2D eigenvalue weighted by molar-refractivity contribution is -0.120. The molecule has 1 unspecified atom stereocenters. The van der Waals surface area contributed by atoms with E-state index in [0.717, 1.165) is 39.4 Å². The predicted molar refractivity (Wildman–Crippen MR) is 126 cm³/mol. The number of hydrogen-bond donors (Lipinski definition) is 1. The first-order chi connectivity index (χ1) is 14.9. The van der Waals surface area contributed by atoms with Gasteiger partial charge in [-0.1, -0.05) is 34.8 Å². The second-order valence-corrected chi connectivity index (χ2v) is 11.7. The number of carbonyl (C=O) groups excluding carboxylic acids is 1. The van der Waals surface area contributed by atoms with E-state index in [1.165, 1.54) is 17.6 Å². The number of piperidine rings is 1. The summed E-state index contributed by atoms with van der Waals surface area (Å²) in [5, 5.41) is 4.37. The van der Waals surface area contributed by atoms with Crippen LogP contribution in [0.4, 0.5) is 10.3 Å². The number of fused-ring (bicyclic) bond motifs is 2. The van der Waals surface area contributed by atoms with E-state index in [1.807, 2.05) is 18.2 Å². The molecule has 2 aromatic heterocycles. The largest absolute Gasteiger partial charge is 0.347 e. The highest BCUT2D eigenvalue weighted by molar-refractivity contribution is 7.90. The normalized spacial score (nSPS) is 17.3. The van der Waals surface area contributed by atoms with Crippen molar-refractivity contribution in [3.05, 3.63) is 42.5 Å². The number of thiazole rings is 2. The van der Waals surface area contributed by atoms with E-state index in [2.05, 4.69) is 21.3 Å². The van der Waals surface area contributed by atoms with Crippen molar-refractivity contribution >= 4 is 69.1 Å². The Balaban J connectivity index is 1.31. The molecule has 5 rings (SSSR count). The van der Waals surface area contributed by atoms with Gasteiger partial charge in [-0.15, -0.1) is 0 Å². The van der Waals surface area contributed by atoms with Crippen molar-refractivity contribution in [3.8, 4) is 0 Å². The molecule has 2 aromatic carbocycles. The van der Waals surface area contributed by atoms with Crippen LogP contribution >= 0.6 is 22.7 Å². The van der Waals surface area contributed by atoms with Crippen molar-refractivity contribution in [1.82, 2.24) is 9.97 Å². The first-order valence-electron chi connectivity index (χ1n) is 9.89. The summed E-state index contributed by atoms with van der Waals surface area (Å²) in [6.45, 7) is 1.51. The molecule has 10 heteroatoms. The number of nitrogens with one attached hydrogen (secondary N) is 1. The number of nitrogens with zero attached hydrogens (tertiary/aromatic N) is 3. The SMILES string of the molecule is CS(=O)(=O)c1ccc2nc(NC(=O)C3CCCN(c4nc5ccccc5s4)C3)sc2c1. The number of rotatable bonds is 4. The van der Waals surface area contributed by atoms with E-state index in [-0.39, 0.29) is 16.7 Å². The molecular weight excluding hydrogens is 452 g/mol. The van der Waals surface area contributed by atoms with Crippen LogP contribution in [0.3, 0.4) is 0 Å². The van der Waals surface area contributed by atoms with Crippen molar-refractivity contribution in [2.75, 3.05) is 29.6 Å². The molecule has 1 amide bonds. The Morgan fingerprint density at radius 3 is 2.71 bits per heavy atom. The fourth-order valence-electron chi connectivity index (χ4n) is 3.76. The Labute approximate surface area is 187 Å². The van der Waals surface area contributed by atoms with Gasteiger partial charge in [0, 0.05) is 19.3 Å². The minimum Gasteiger partial charge on any atom is -0.347 e. The maximum Gasteiger partial charge on any atom is 0.231 e. The summed E-state index contributed by atoms with van der Waals surface area (Å²) in [6.07, 6.45) is 2.92. The lowest BCUT2D eigenvalue weighted by Crippen LogP contribution is -2.40. The summed E-state index contributed by atoms with van der Waals surface area (Å²) >= 11 is 2.94. The first kappa shape index (κ1) is 20.3. The lowest BCUT2D eigenvalue weighted by atomic mass is 9.97. The molecule has 0 bridgehead atoms. The molecular formula is C21H20N4O3S3. The van der Waals surface area contributed by atoms with Gasteiger partial charge < -0.3 is 10.2 Å². The van der Waals surface area contributed by atoms with Gasteiger partial charge in [-0.2, -0.15) is 0 Å². The van der Waals surface area contributed by atoms with Crippen molar-refractivity contribution in [2.24, 2.45) is 5.92 Å². The molecule has 1 atom stereocenters.